The Balaban J connectivity index is 0.00000160. The van der Waals surface area contributed by atoms with Crippen molar-refractivity contribution in [3.8, 4) is 0 Å². The largest absolute Gasteiger partial charge is 0.340 e. The molecule has 0 bridgehead atoms. The number of rotatable bonds is 5. The topological polar surface area (TPSA) is 38.8 Å². The van der Waals surface area contributed by atoms with E-state index in [1.807, 2.05) is 0 Å². The van der Waals surface area contributed by atoms with Crippen LogP contribution in [0.4, 0.5) is 0 Å². The number of nitrogens with zero attached hydrogens (tertiary/aromatic N) is 3. The molecule has 5 nitrogen and oxygen atoms in total. The van der Waals surface area contributed by atoms with Gasteiger partial charge in [-0.2, -0.15) is 0 Å². The molecule has 0 aromatic heterocycles. The Morgan fingerprint density at radius 3 is 2.33 bits per heavy atom. The summed E-state index contributed by atoms with van der Waals surface area (Å²) in [4.78, 5) is 20.2. The monoisotopic (exact) mass is 456 g/mol. The molecule has 3 aliphatic rings. The molecule has 0 spiro atoms. The number of amides is 1. The van der Waals surface area contributed by atoms with Crippen LogP contribution >= 0.6 is 24.8 Å². The number of likely N-dealkylation sites (tertiary alicyclic amines) is 2. The lowest BCUT2D eigenvalue weighted by molar-refractivity contribution is -0.136. The van der Waals surface area contributed by atoms with Gasteiger partial charge in [0.25, 0.3) is 0 Å². The summed E-state index contributed by atoms with van der Waals surface area (Å²) in [5.41, 5.74) is 1.45. The molecular formula is C23H38Cl2N4O. The SMILES string of the molecule is CC(C(=O)N1CCC(N2CCNCC2)C1)N1CCC(Cc2ccccc2)CC1.Cl.Cl. The summed E-state index contributed by atoms with van der Waals surface area (Å²) in [6.07, 6.45) is 4.72. The second kappa shape index (κ2) is 12.3. The predicted octanol–water partition coefficient (Wildman–Crippen LogP) is 2.68. The second-order valence-corrected chi connectivity index (χ2v) is 8.86. The highest BCUT2D eigenvalue weighted by Crippen LogP contribution is 2.24. The third kappa shape index (κ3) is 6.33. The molecule has 2 atom stereocenters. The summed E-state index contributed by atoms with van der Waals surface area (Å²) in [6.45, 7) is 10.5. The van der Waals surface area contributed by atoms with Gasteiger partial charge in [0.05, 0.1) is 6.04 Å². The number of hydrogen-bond acceptors (Lipinski definition) is 4. The number of carbonyl (C=O) groups is 1. The minimum Gasteiger partial charge on any atom is -0.340 e. The van der Waals surface area contributed by atoms with Crippen molar-refractivity contribution in [2.24, 2.45) is 5.92 Å². The molecule has 30 heavy (non-hydrogen) atoms. The van der Waals surface area contributed by atoms with E-state index < -0.39 is 0 Å². The van der Waals surface area contributed by atoms with Gasteiger partial charge >= 0.3 is 0 Å². The summed E-state index contributed by atoms with van der Waals surface area (Å²) in [5.74, 6) is 1.10. The van der Waals surface area contributed by atoms with Crippen molar-refractivity contribution < 1.29 is 4.79 Å². The summed E-state index contributed by atoms with van der Waals surface area (Å²) in [7, 11) is 0. The highest BCUT2D eigenvalue weighted by molar-refractivity contribution is 5.85. The fraction of sp³-hybridized carbons (Fsp3) is 0.696. The van der Waals surface area contributed by atoms with E-state index in [9.17, 15) is 4.79 Å². The third-order valence-electron chi connectivity index (χ3n) is 7.06. The Bertz CT molecular complexity index is 633. The first-order chi connectivity index (χ1) is 13.7. The van der Waals surface area contributed by atoms with Crippen LogP contribution in [0.15, 0.2) is 30.3 Å². The Kier molecular flexibility index (Phi) is 10.4. The molecule has 1 aromatic rings. The minimum absolute atomic E-state index is 0. The lowest BCUT2D eigenvalue weighted by Gasteiger charge is -2.37. The first-order valence-electron chi connectivity index (χ1n) is 11.2. The van der Waals surface area contributed by atoms with E-state index in [1.165, 1.54) is 24.8 Å². The zero-order valence-corrected chi connectivity index (χ0v) is 19.8. The molecule has 3 fully saturated rings. The molecule has 1 amide bonds. The Morgan fingerprint density at radius 2 is 1.67 bits per heavy atom. The quantitative estimate of drug-likeness (QED) is 0.738. The van der Waals surface area contributed by atoms with E-state index in [0.29, 0.717) is 11.9 Å². The molecule has 0 radical (unpaired) electrons. The number of halogens is 2. The van der Waals surface area contributed by atoms with Crippen LogP contribution in [0, 0.1) is 5.92 Å². The molecule has 7 heteroatoms. The molecule has 1 aromatic carbocycles. The molecule has 170 valence electrons. The number of piperazine rings is 1. The molecule has 4 rings (SSSR count). The van der Waals surface area contributed by atoms with Crippen LogP contribution < -0.4 is 5.32 Å². The maximum Gasteiger partial charge on any atom is 0.239 e. The lowest BCUT2D eigenvalue weighted by Crippen LogP contribution is -2.51. The lowest BCUT2D eigenvalue weighted by atomic mass is 9.89. The summed E-state index contributed by atoms with van der Waals surface area (Å²) < 4.78 is 0. The van der Waals surface area contributed by atoms with E-state index in [0.717, 1.165) is 64.7 Å². The van der Waals surface area contributed by atoms with Gasteiger partial charge in [0.2, 0.25) is 5.91 Å². The Morgan fingerprint density at radius 1 is 1.00 bits per heavy atom. The molecule has 2 unspecified atom stereocenters. The van der Waals surface area contributed by atoms with E-state index in [-0.39, 0.29) is 30.9 Å². The molecule has 0 aliphatic carbocycles. The normalized spacial score (nSPS) is 24.7. The van der Waals surface area contributed by atoms with Gasteiger partial charge in [0.1, 0.15) is 0 Å². The third-order valence-corrected chi connectivity index (χ3v) is 7.06. The number of benzene rings is 1. The summed E-state index contributed by atoms with van der Waals surface area (Å²) in [6, 6.07) is 11.4. The van der Waals surface area contributed by atoms with Crippen molar-refractivity contribution in [1.82, 2.24) is 20.0 Å². The number of nitrogens with one attached hydrogen (secondary N) is 1. The van der Waals surface area contributed by atoms with Gasteiger partial charge in [-0.25, -0.2) is 0 Å². The van der Waals surface area contributed by atoms with Gasteiger partial charge in [0.15, 0.2) is 0 Å². The Hall–Kier alpha value is -0.850. The summed E-state index contributed by atoms with van der Waals surface area (Å²) >= 11 is 0. The molecule has 3 saturated heterocycles. The maximum atomic E-state index is 13.1. The van der Waals surface area contributed by atoms with Crippen LogP contribution in [0.2, 0.25) is 0 Å². The van der Waals surface area contributed by atoms with Gasteiger partial charge in [0, 0.05) is 45.3 Å². The van der Waals surface area contributed by atoms with E-state index in [4.69, 9.17) is 0 Å². The molecule has 3 aliphatic heterocycles. The zero-order valence-electron chi connectivity index (χ0n) is 18.2. The first kappa shape index (κ1) is 25.4. The van der Waals surface area contributed by atoms with Crippen LogP contribution in [-0.2, 0) is 11.2 Å². The predicted molar refractivity (Wildman–Crippen MR) is 128 cm³/mol. The smallest absolute Gasteiger partial charge is 0.239 e. The van der Waals surface area contributed by atoms with Crippen molar-refractivity contribution in [2.75, 3.05) is 52.4 Å². The van der Waals surface area contributed by atoms with Gasteiger partial charge < -0.3 is 10.2 Å². The average molecular weight is 457 g/mol. The van der Waals surface area contributed by atoms with Gasteiger partial charge in [-0.1, -0.05) is 30.3 Å². The van der Waals surface area contributed by atoms with Crippen LogP contribution in [0.5, 0.6) is 0 Å². The standard InChI is InChI=1S/C23H36N4O.2ClH/c1-19(23(28)27-14-9-22(18-27)26-15-10-24-11-16-26)25-12-7-21(8-13-25)17-20-5-3-2-4-6-20;;/h2-6,19,21-22,24H,7-18H2,1H3;2*1H. The van der Waals surface area contributed by atoms with Crippen LogP contribution in [0.1, 0.15) is 31.7 Å². The van der Waals surface area contributed by atoms with E-state index >= 15 is 0 Å². The van der Waals surface area contributed by atoms with Crippen molar-refractivity contribution in [3.63, 3.8) is 0 Å². The molecule has 1 N–H and O–H groups in total. The first-order valence-corrected chi connectivity index (χ1v) is 11.2. The van der Waals surface area contributed by atoms with Gasteiger partial charge in [-0.15, -0.1) is 24.8 Å². The highest BCUT2D eigenvalue weighted by atomic mass is 35.5. The highest BCUT2D eigenvalue weighted by Gasteiger charge is 2.35. The zero-order chi connectivity index (χ0) is 19.3. The summed E-state index contributed by atoms with van der Waals surface area (Å²) in [5, 5.41) is 3.42. The van der Waals surface area contributed by atoms with Crippen molar-refractivity contribution in [2.45, 2.75) is 44.7 Å². The average Bonchev–Trinajstić information content (AvgIpc) is 3.25. The van der Waals surface area contributed by atoms with Crippen molar-refractivity contribution >= 4 is 30.7 Å². The number of hydrogen-bond donors (Lipinski definition) is 1. The maximum absolute atomic E-state index is 13.1. The second-order valence-electron chi connectivity index (χ2n) is 8.86. The van der Waals surface area contributed by atoms with E-state index in [2.05, 4.69) is 57.3 Å². The van der Waals surface area contributed by atoms with Crippen LogP contribution in [0.3, 0.4) is 0 Å². The van der Waals surface area contributed by atoms with Crippen molar-refractivity contribution in [1.29, 1.82) is 0 Å². The van der Waals surface area contributed by atoms with Crippen LogP contribution in [-0.4, -0.2) is 85.0 Å². The van der Waals surface area contributed by atoms with Gasteiger partial charge in [-0.05, 0) is 57.2 Å². The Labute approximate surface area is 194 Å². The minimum atomic E-state index is 0. The fourth-order valence-corrected chi connectivity index (χ4v) is 5.20. The van der Waals surface area contributed by atoms with E-state index in [1.54, 1.807) is 0 Å². The fourth-order valence-electron chi connectivity index (χ4n) is 5.20. The van der Waals surface area contributed by atoms with Crippen LogP contribution in [0.25, 0.3) is 0 Å². The molecule has 0 saturated carbocycles. The van der Waals surface area contributed by atoms with Crippen molar-refractivity contribution in [3.05, 3.63) is 35.9 Å². The molecular weight excluding hydrogens is 419 g/mol. The number of carbonyl (C=O) groups excluding carboxylic acids is 1. The molecule has 3 heterocycles. The van der Waals surface area contributed by atoms with Gasteiger partial charge in [-0.3, -0.25) is 14.6 Å². The number of piperidine rings is 1.